The molecule has 2 atom stereocenters. The van der Waals surface area contributed by atoms with Gasteiger partial charge in [0.2, 0.25) is 0 Å². The van der Waals surface area contributed by atoms with Crippen LogP contribution in [0.1, 0.15) is 52.3 Å². The van der Waals surface area contributed by atoms with E-state index in [1.807, 2.05) is 31.9 Å². The van der Waals surface area contributed by atoms with Gasteiger partial charge in [-0.25, -0.2) is 4.79 Å². The first-order valence-electron chi connectivity index (χ1n) is 8.70. The SMILES string of the molecule is C[C@@H](c1cnccn1)N(C)C[C@@H]1CCCN(C(=O)OC(C)(C)C)C1. The first kappa shape index (κ1) is 18.6. The maximum atomic E-state index is 12.3. The topological polar surface area (TPSA) is 58.6 Å². The maximum Gasteiger partial charge on any atom is 0.410 e. The monoisotopic (exact) mass is 334 g/mol. The van der Waals surface area contributed by atoms with E-state index in [0.29, 0.717) is 5.92 Å². The fourth-order valence-electron chi connectivity index (χ4n) is 3.02. The summed E-state index contributed by atoms with van der Waals surface area (Å²) in [5, 5.41) is 0. The quantitative estimate of drug-likeness (QED) is 0.847. The minimum Gasteiger partial charge on any atom is -0.444 e. The summed E-state index contributed by atoms with van der Waals surface area (Å²) in [4.78, 5) is 24.9. The second kappa shape index (κ2) is 7.92. The highest BCUT2D eigenvalue weighted by Gasteiger charge is 2.29. The van der Waals surface area contributed by atoms with Gasteiger partial charge in [0.05, 0.1) is 11.7 Å². The Morgan fingerprint density at radius 3 is 2.83 bits per heavy atom. The van der Waals surface area contributed by atoms with Crippen LogP contribution in [0.15, 0.2) is 18.6 Å². The van der Waals surface area contributed by atoms with Gasteiger partial charge in [-0.2, -0.15) is 0 Å². The summed E-state index contributed by atoms with van der Waals surface area (Å²) >= 11 is 0. The van der Waals surface area contributed by atoms with Gasteiger partial charge in [0.25, 0.3) is 0 Å². The van der Waals surface area contributed by atoms with Gasteiger partial charge in [-0.3, -0.25) is 14.9 Å². The van der Waals surface area contributed by atoms with Crippen molar-refractivity contribution in [2.24, 2.45) is 5.92 Å². The summed E-state index contributed by atoms with van der Waals surface area (Å²) in [7, 11) is 2.10. The van der Waals surface area contributed by atoms with Crippen molar-refractivity contribution in [3.63, 3.8) is 0 Å². The summed E-state index contributed by atoms with van der Waals surface area (Å²) in [6.07, 6.45) is 7.20. The molecule has 0 spiro atoms. The minimum atomic E-state index is -0.443. The van der Waals surface area contributed by atoms with Gasteiger partial charge in [0.1, 0.15) is 5.60 Å². The first-order valence-corrected chi connectivity index (χ1v) is 8.70. The number of ether oxygens (including phenoxy) is 1. The Morgan fingerprint density at radius 2 is 2.21 bits per heavy atom. The average Bonchev–Trinajstić information content (AvgIpc) is 2.53. The van der Waals surface area contributed by atoms with E-state index >= 15 is 0 Å². The Morgan fingerprint density at radius 1 is 1.46 bits per heavy atom. The average molecular weight is 334 g/mol. The number of carbonyl (C=O) groups is 1. The highest BCUT2D eigenvalue weighted by Crippen LogP contribution is 2.23. The molecule has 0 N–H and O–H groups in total. The van der Waals surface area contributed by atoms with Crippen molar-refractivity contribution in [1.82, 2.24) is 19.8 Å². The molecule has 0 bridgehead atoms. The van der Waals surface area contributed by atoms with Gasteiger partial charge in [0, 0.05) is 38.2 Å². The van der Waals surface area contributed by atoms with Crippen LogP contribution in [0.4, 0.5) is 4.79 Å². The smallest absolute Gasteiger partial charge is 0.410 e. The Bertz CT molecular complexity index is 530. The summed E-state index contributed by atoms with van der Waals surface area (Å²) in [5.74, 6) is 0.454. The van der Waals surface area contributed by atoms with Gasteiger partial charge < -0.3 is 9.64 Å². The third kappa shape index (κ3) is 5.44. The maximum absolute atomic E-state index is 12.3. The van der Waals surface area contributed by atoms with E-state index in [1.165, 1.54) is 0 Å². The summed E-state index contributed by atoms with van der Waals surface area (Å²) in [6, 6.07) is 0.204. The van der Waals surface area contributed by atoms with Crippen LogP contribution in [0.5, 0.6) is 0 Å². The molecule has 0 radical (unpaired) electrons. The van der Waals surface area contributed by atoms with Gasteiger partial charge in [0.15, 0.2) is 0 Å². The molecule has 1 aliphatic heterocycles. The van der Waals surface area contributed by atoms with Crippen LogP contribution >= 0.6 is 0 Å². The number of nitrogens with zero attached hydrogens (tertiary/aromatic N) is 4. The Kier molecular flexibility index (Phi) is 6.15. The molecule has 1 saturated heterocycles. The lowest BCUT2D eigenvalue weighted by atomic mass is 9.97. The van der Waals surface area contributed by atoms with Crippen molar-refractivity contribution in [2.45, 2.75) is 52.2 Å². The van der Waals surface area contributed by atoms with Crippen LogP contribution in [-0.4, -0.2) is 58.1 Å². The van der Waals surface area contributed by atoms with Gasteiger partial charge in [-0.05, 0) is 53.5 Å². The first-order chi connectivity index (χ1) is 11.3. The van der Waals surface area contributed by atoms with Gasteiger partial charge in [-0.1, -0.05) is 0 Å². The molecule has 134 valence electrons. The van der Waals surface area contributed by atoms with Crippen molar-refractivity contribution in [2.75, 3.05) is 26.7 Å². The van der Waals surface area contributed by atoms with Crippen molar-refractivity contribution in [1.29, 1.82) is 0 Å². The molecule has 2 rings (SSSR count). The molecule has 6 nitrogen and oxygen atoms in total. The van der Waals surface area contributed by atoms with Crippen molar-refractivity contribution in [3.05, 3.63) is 24.3 Å². The molecule has 6 heteroatoms. The van der Waals surface area contributed by atoms with Crippen molar-refractivity contribution in [3.8, 4) is 0 Å². The summed E-state index contributed by atoms with van der Waals surface area (Å²) in [6.45, 7) is 10.3. The molecule has 1 aromatic heterocycles. The molecule has 0 aliphatic carbocycles. The van der Waals surface area contributed by atoms with Crippen molar-refractivity contribution < 1.29 is 9.53 Å². The van der Waals surface area contributed by atoms with E-state index in [0.717, 1.165) is 38.2 Å². The number of amides is 1. The van der Waals surface area contributed by atoms with E-state index in [1.54, 1.807) is 12.4 Å². The molecule has 1 aliphatic rings. The standard InChI is InChI=1S/C18H30N4O2/c1-14(16-11-19-8-9-20-16)21(5)12-15-7-6-10-22(13-15)17(23)24-18(2,3)4/h8-9,11,14-15H,6-7,10,12-13H2,1-5H3/t14-,15-/m0/s1. The second-order valence-corrected chi connectivity index (χ2v) is 7.68. The minimum absolute atomic E-state index is 0.197. The van der Waals surface area contributed by atoms with Crippen molar-refractivity contribution >= 4 is 6.09 Å². The fraction of sp³-hybridized carbons (Fsp3) is 0.722. The number of likely N-dealkylation sites (tertiary alicyclic amines) is 1. The van der Waals surface area contributed by atoms with Crippen LogP contribution in [0, 0.1) is 5.92 Å². The Balaban J connectivity index is 1.89. The molecule has 24 heavy (non-hydrogen) atoms. The molecule has 1 aromatic rings. The van der Waals surface area contributed by atoms with Crippen LogP contribution in [0.25, 0.3) is 0 Å². The van der Waals surface area contributed by atoms with Crippen LogP contribution in [0.3, 0.4) is 0 Å². The lowest BCUT2D eigenvalue weighted by molar-refractivity contribution is 0.0142. The number of hydrogen-bond donors (Lipinski definition) is 0. The molecule has 1 amide bonds. The molecule has 0 saturated carbocycles. The fourth-order valence-corrected chi connectivity index (χ4v) is 3.02. The molecule has 2 heterocycles. The lowest BCUT2D eigenvalue weighted by Crippen LogP contribution is -2.45. The third-order valence-corrected chi connectivity index (χ3v) is 4.39. The Labute approximate surface area is 145 Å². The highest BCUT2D eigenvalue weighted by atomic mass is 16.6. The molecule has 0 aromatic carbocycles. The van der Waals surface area contributed by atoms with Gasteiger partial charge >= 0.3 is 6.09 Å². The lowest BCUT2D eigenvalue weighted by Gasteiger charge is -2.36. The van der Waals surface area contributed by atoms with Crippen LogP contribution in [-0.2, 0) is 4.74 Å². The zero-order chi connectivity index (χ0) is 17.7. The van der Waals surface area contributed by atoms with Crippen LogP contribution < -0.4 is 0 Å². The molecular formula is C18H30N4O2. The normalized spacial score (nSPS) is 20.1. The van der Waals surface area contributed by atoms with Crippen LogP contribution in [0.2, 0.25) is 0 Å². The van der Waals surface area contributed by atoms with E-state index in [-0.39, 0.29) is 12.1 Å². The number of carbonyl (C=O) groups excluding carboxylic acids is 1. The predicted octanol–water partition coefficient (Wildman–Crippen LogP) is 3.12. The molecule has 1 fully saturated rings. The molecule has 0 unspecified atom stereocenters. The summed E-state index contributed by atoms with van der Waals surface area (Å²) < 4.78 is 5.50. The third-order valence-electron chi connectivity index (χ3n) is 4.39. The van der Waals surface area contributed by atoms with Gasteiger partial charge in [-0.15, -0.1) is 0 Å². The zero-order valence-electron chi connectivity index (χ0n) is 15.5. The highest BCUT2D eigenvalue weighted by molar-refractivity contribution is 5.68. The largest absolute Gasteiger partial charge is 0.444 e. The van der Waals surface area contributed by atoms with E-state index in [2.05, 4.69) is 28.8 Å². The zero-order valence-corrected chi connectivity index (χ0v) is 15.5. The van der Waals surface area contributed by atoms with E-state index in [9.17, 15) is 4.79 Å². The van der Waals surface area contributed by atoms with E-state index in [4.69, 9.17) is 4.74 Å². The number of hydrogen-bond acceptors (Lipinski definition) is 5. The molecular weight excluding hydrogens is 304 g/mol. The number of rotatable bonds is 4. The second-order valence-electron chi connectivity index (χ2n) is 7.68. The summed E-state index contributed by atoms with van der Waals surface area (Å²) in [5.41, 5.74) is 0.529. The number of aromatic nitrogens is 2. The number of piperidine rings is 1. The van der Waals surface area contributed by atoms with E-state index < -0.39 is 5.60 Å². The Hall–Kier alpha value is -1.69. The predicted molar refractivity (Wildman–Crippen MR) is 93.6 cm³/mol.